The number of halogens is 1. The molecule has 1 aliphatic carbocycles. The van der Waals surface area contributed by atoms with Crippen molar-refractivity contribution in [1.82, 2.24) is 4.57 Å². The molecule has 1 heterocycles. The SMILES string of the molecule is Cn1cc(C2(N)CCCCC2)c2cccc(Cl)c21. The van der Waals surface area contributed by atoms with E-state index >= 15 is 0 Å². The Kier molecular flexibility index (Phi) is 2.87. The molecule has 2 N–H and O–H groups in total. The zero-order chi connectivity index (χ0) is 12.8. The Bertz CT molecular complexity index is 579. The molecular formula is C15H19ClN2. The van der Waals surface area contributed by atoms with Crippen molar-refractivity contribution < 1.29 is 0 Å². The number of hydrogen-bond donors (Lipinski definition) is 1. The van der Waals surface area contributed by atoms with E-state index in [1.807, 2.05) is 19.2 Å². The Labute approximate surface area is 113 Å². The molecule has 1 saturated carbocycles. The highest BCUT2D eigenvalue weighted by molar-refractivity contribution is 6.35. The third-order valence-corrected chi connectivity index (χ3v) is 4.54. The third-order valence-electron chi connectivity index (χ3n) is 4.23. The summed E-state index contributed by atoms with van der Waals surface area (Å²) < 4.78 is 2.11. The minimum absolute atomic E-state index is 0.164. The monoisotopic (exact) mass is 262 g/mol. The average molecular weight is 263 g/mol. The second kappa shape index (κ2) is 4.29. The molecular weight excluding hydrogens is 244 g/mol. The maximum Gasteiger partial charge on any atom is 0.0670 e. The molecule has 18 heavy (non-hydrogen) atoms. The fourth-order valence-electron chi connectivity index (χ4n) is 3.27. The molecule has 2 nitrogen and oxygen atoms in total. The first kappa shape index (κ1) is 12.1. The third kappa shape index (κ3) is 1.75. The summed E-state index contributed by atoms with van der Waals surface area (Å²) in [6, 6.07) is 6.10. The zero-order valence-corrected chi connectivity index (χ0v) is 11.5. The normalized spacial score (nSPS) is 19.3. The minimum atomic E-state index is -0.164. The van der Waals surface area contributed by atoms with Crippen molar-refractivity contribution >= 4 is 22.5 Å². The van der Waals surface area contributed by atoms with Gasteiger partial charge >= 0.3 is 0 Å². The second-order valence-electron chi connectivity index (χ2n) is 5.51. The van der Waals surface area contributed by atoms with Crippen LogP contribution in [0.3, 0.4) is 0 Å². The second-order valence-corrected chi connectivity index (χ2v) is 5.91. The van der Waals surface area contributed by atoms with Crippen LogP contribution in [-0.2, 0) is 12.6 Å². The Morgan fingerprint density at radius 1 is 1.22 bits per heavy atom. The number of fused-ring (bicyclic) bond motifs is 1. The van der Waals surface area contributed by atoms with Crippen LogP contribution in [0.2, 0.25) is 5.02 Å². The number of nitrogens with two attached hydrogens (primary N) is 1. The molecule has 1 aromatic carbocycles. The van der Waals surface area contributed by atoms with Gasteiger partial charge in [0.25, 0.3) is 0 Å². The molecule has 0 aliphatic heterocycles. The summed E-state index contributed by atoms with van der Waals surface area (Å²) in [6.07, 6.45) is 8.10. The van der Waals surface area contributed by atoms with Gasteiger partial charge in [0.2, 0.25) is 0 Å². The number of hydrogen-bond acceptors (Lipinski definition) is 1. The quantitative estimate of drug-likeness (QED) is 0.829. The lowest BCUT2D eigenvalue weighted by Gasteiger charge is -2.33. The van der Waals surface area contributed by atoms with Crippen LogP contribution in [0.15, 0.2) is 24.4 Å². The number of rotatable bonds is 1. The summed E-state index contributed by atoms with van der Waals surface area (Å²) >= 11 is 6.30. The van der Waals surface area contributed by atoms with E-state index in [-0.39, 0.29) is 5.54 Å². The van der Waals surface area contributed by atoms with Crippen molar-refractivity contribution in [3.05, 3.63) is 35.0 Å². The van der Waals surface area contributed by atoms with Gasteiger partial charge < -0.3 is 10.3 Å². The number of aryl methyl sites for hydroxylation is 1. The highest BCUT2D eigenvalue weighted by Gasteiger charge is 2.32. The molecule has 0 unspecified atom stereocenters. The van der Waals surface area contributed by atoms with Crippen LogP contribution in [0.4, 0.5) is 0 Å². The summed E-state index contributed by atoms with van der Waals surface area (Å²) in [4.78, 5) is 0. The molecule has 0 radical (unpaired) electrons. The Hall–Kier alpha value is -0.990. The van der Waals surface area contributed by atoms with Crippen LogP contribution < -0.4 is 5.73 Å². The number of para-hydroxylation sites is 1. The molecule has 96 valence electrons. The largest absolute Gasteiger partial charge is 0.349 e. The average Bonchev–Trinajstić information content (AvgIpc) is 2.70. The van der Waals surface area contributed by atoms with Crippen molar-refractivity contribution in [2.24, 2.45) is 12.8 Å². The predicted octanol–water partition coefficient (Wildman–Crippen LogP) is 3.95. The molecule has 1 aromatic heterocycles. The van der Waals surface area contributed by atoms with Gasteiger partial charge in [-0.25, -0.2) is 0 Å². The van der Waals surface area contributed by atoms with Crippen molar-refractivity contribution in [2.75, 3.05) is 0 Å². The summed E-state index contributed by atoms with van der Waals surface area (Å²) in [7, 11) is 2.05. The van der Waals surface area contributed by atoms with Crippen molar-refractivity contribution in [2.45, 2.75) is 37.6 Å². The maximum absolute atomic E-state index is 6.65. The van der Waals surface area contributed by atoms with E-state index in [2.05, 4.69) is 16.8 Å². The van der Waals surface area contributed by atoms with Gasteiger partial charge in [-0.2, -0.15) is 0 Å². The van der Waals surface area contributed by atoms with Crippen molar-refractivity contribution in [1.29, 1.82) is 0 Å². The number of benzene rings is 1. The fourth-order valence-corrected chi connectivity index (χ4v) is 3.58. The fraction of sp³-hybridized carbons (Fsp3) is 0.467. The molecule has 1 fully saturated rings. The number of aromatic nitrogens is 1. The van der Waals surface area contributed by atoms with Crippen LogP contribution in [-0.4, -0.2) is 4.57 Å². The van der Waals surface area contributed by atoms with Gasteiger partial charge in [-0.05, 0) is 24.5 Å². The van der Waals surface area contributed by atoms with Crippen LogP contribution in [0, 0.1) is 0 Å². The maximum atomic E-state index is 6.65. The molecule has 2 aromatic rings. The Balaban J connectivity index is 2.21. The van der Waals surface area contributed by atoms with E-state index in [0.717, 1.165) is 23.4 Å². The minimum Gasteiger partial charge on any atom is -0.349 e. The topological polar surface area (TPSA) is 30.9 Å². The number of nitrogens with zero attached hydrogens (tertiary/aromatic N) is 1. The summed E-state index contributed by atoms with van der Waals surface area (Å²) in [5.41, 5.74) is 8.86. The van der Waals surface area contributed by atoms with E-state index < -0.39 is 0 Å². The summed E-state index contributed by atoms with van der Waals surface area (Å²) in [5.74, 6) is 0. The highest BCUT2D eigenvalue weighted by Crippen LogP contribution is 2.40. The molecule has 0 amide bonds. The zero-order valence-electron chi connectivity index (χ0n) is 10.7. The molecule has 0 atom stereocenters. The molecule has 0 spiro atoms. The smallest absolute Gasteiger partial charge is 0.0670 e. The van der Waals surface area contributed by atoms with E-state index in [0.29, 0.717) is 0 Å². The van der Waals surface area contributed by atoms with Crippen molar-refractivity contribution in [3.8, 4) is 0 Å². The van der Waals surface area contributed by atoms with Gasteiger partial charge in [-0.1, -0.05) is 43.0 Å². The summed E-state index contributed by atoms with van der Waals surface area (Å²) in [5, 5.41) is 2.02. The van der Waals surface area contributed by atoms with Gasteiger partial charge in [0.1, 0.15) is 0 Å². The van der Waals surface area contributed by atoms with E-state index in [1.54, 1.807) is 0 Å². The van der Waals surface area contributed by atoms with Gasteiger partial charge in [0.15, 0.2) is 0 Å². The molecule has 3 heteroatoms. The summed E-state index contributed by atoms with van der Waals surface area (Å²) in [6.45, 7) is 0. The lowest BCUT2D eigenvalue weighted by molar-refractivity contribution is 0.304. The Morgan fingerprint density at radius 3 is 2.67 bits per heavy atom. The first-order valence-corrected chi connectivity index (χ1v) is 7.02. The van der Waals surface area contributed by atoms with Crippen LogP contribution in [0.5, 0.6) is 0 Å². The van der Waals surface area contributed by atoms with Gasteiger partial charge in [0.05, 0.1) is 10.5 Å². The van der Waals surface area contributed by atoms with Crippen molar-refractivity contribution in [3.63, 3.8) is 0 Å². The van der Waals surface area contributed by atoms with Gasteiger partial charge in [-0.3, -0.25) is 0 Å². The van der Waals surface area contributed by atoms with Crippen LogP contribution in [0.1, 0.15) is 37.7 Å². The first-order valence-electron chi connectivity index (χ1n) is 6.65. The van der Waals surface area contributed by atoms with Gasteiger partial charge in [0, 0.05) is 24.2 Å². The van der Waals surface area contributed by atoms with Gasteiger partial charge in [-0.15, -0.1) is 0 Å². The molecule has 0 saturated heterocycles. The van der Waals surface area contributed by atoms with E-state index in [1.165, 1.54) is 30.2 Å². The Morgan fingerprint density at radius 2 is 1.94 bits per heavy atom. The molecule has 1 aliphatic rings. The standard InChI is InChI=1S/C15H19ClN2/c1-18-10-12(15(17)8-3-2-4-9-15)11-6-5-7-13(16)14(11)18/h5-7,10H,2-4,8-9,17H2,1H3. The highest BCUT2D eigenvalue weighted by atomic mass is 35.5. The lowest BCUT2D eigenvalue weighted by Crippen LogP contribution is -2.38. The first-order chi connectivity index (χ1) is 8.62. The molecule has 3 rings (SSSR count). The predicted molar refractivity (Wildman–Crippen MR) is 76.9 cm³/mol. The van der Waals surface area contributed by atoms with Crippen LogP contribution in [0.25, 0.3) is 10.9 Å². The lowest BCUT2D eigenvalue weighted by atomic mass is 9.77. The van der Waals surface area contributed by atoms with E-state index in [4.69, 9.17) is 17.3 Å². The molecule has 0 bridgehead atoms. The van der Waals surface area contributed by atoms with E-state index in [9.17, 15) is 0 Å². The van der Waals surface area contributed by atoms with Crippen LogP contribution >= 0.6 is 11.6 Å².